The molecule has 7 heteroatoms. The first-order valence-corrected chi connectivity index (χ1v) is 10.1. The van der Waals surface area contributed by atoms with Gasteiger partial charge in [0.2, 0.25) is 11.8 Å². The van der Waals surface area contributed by atoms with Crippen molar-refractivity contribution < 1.29 is 18.0 Å². The molecule has 0 aromatic heterocycles. The molecule has 2 aliphatic rings. The number of rotatable bonds is 3. The van der Waals surface area contributed by atoms with Crippen LogP contribution in [-0.2, 0) is 19.4 Å². The number of sulfone groups is 1. The van der Waals surface area contributed by atoms with Crippen LogP contribution in [0.4, 0.5) is 0 Å². The van der Waals surface area contributed by atoms with Crippen molar-refractivity contribution in [3.63, 3.8) is 0 Å². The standard InChI is InChI=1S/C18H22N2O4S/c1-13(21)20-9-7-14-5-3-4-6-15(14)16(20)11-17(22)19-18(2)8-10-25(23,24)12-18/h3-7,9,16H,8,10-12H2,1-2H3,(H,19,22)/t16-,18+/m0/s1. The van der Waals surface area contributed by atoms with Gasteiger partial charge in [0.15, 0.2) is 9.84 Å². The SMILES string of the molecule is CC(=O)N1C=Cc2ccccc2[C@@H]1CC(=O)N[C@]1(C)CCS(=O)(=O)C1. The predicted octanol–water partition coefficient (Wildman–Crippen LogP) is 1.64. The molecule has 0 saturated carbocycles. The van der Waals surface area contributed by atoms with Crippen molar-refractivity contribution >= 4 is 27.7 Å². The summed E-state index contributed by atoms with van der Waals surface area (Å²) in [7, 11) is -3.10. The molecule has 0 radical (unpaired) electrons. The summed E-state index contributed by atoms with van der Waals surface area (Å²) in [6.45, 7) is 3.22. The largest absolute Gasteiger partial charge is 0.350 e. The fourth-order valence-electron chi connectivity index (χ4n) is 3.59. The van der Waals surface area contributed by atoms with Gasteiger partial charge in [0.25, 0.3) is 0 Å². The second-order valence-corrected chi connectivity index (χ2v) is 9.23. The highest BCUT2D eigenvalue weighted by Crippen LogP contribution is 2.33. The number of carbonyl (C=O) groups excluding carboxylic acids is 2. The monoisotopic (exact) mass is 362 g/mol. The number of nitrogens with zero attached hydrogens (tertiary/aromatic N) is 1. The Hall–Kier alpha value is -2.15. The maximum atomic E-state index is 12.6. The Balaban J connectivity index is 1.79. The number of nitrogens with one attached hydrogen (secondary N) is 1. The van der Waals surface area contributed by atoms with Gasteiger partial charge in [0, 0.05) is 13.1 Å². The van der Waals surface area contributed by atoms with Crippen LogP contribution < -0.4 is 5.32 Å². The maximum Gasteiger partial charge on any atom is 0.223 e. The van der Waals surface area contributed by atoms with E-state index < -0.39 is 15.4 Å². The average molecular weight is 362 g/mol. The molecule has 25 heavy (non-hydrogen) atoms. The van der Waals surface area contributed by atoms with E-state index in [2.05, 4.69) is 5.32 Å². The Bertz CT molecular complexity index is 846. The molecule has 3 rings (SSSR count). The summed E-state index contributed by atoms with van der Waals surface area (Å²) in [6.07, 6.45) is 4.07. The normalized spacial score (nSPS) is 27.0. The predicted molar refractivity (Wildman–Crippen MR) is 95.2 cm³/mol. The van der Waals surface area contributed by atoms with Crippen LogP contribution in [0.25, 0.3) is 6.08 Å². The summed E-state index contributed by atoms with van der Waals surface area (Å²) in [5.41, 5.74) is 1.16. The minimum Gasteiger partial charge on any atom is -0.350 e. The fraction of sp³-hybridized carbons (Fsp3) is 0.444. The van der Waals surface area contributed by atoms with E-state index >= 15 is 0 Å². The summed E-state index contributed by atoms with van der Waals surface area (Å²) in [5, 5.41) is 2.87. The third-order valence-corrected chi connectivity index (χ3v) is 6.70. The van der Waals surface area contributed by atoms with Gasteiger partial charge < -0.3 is 10.2 Å². The highest BCUT2D eigenvalue weighted by molar-refractivity contribution is 7.91. The summed E-state index contributed by atoms with van der Waals surface area (Å²) in [5.74, 6) is -0.332. The number of carbonyl (C=O) groups is 2. The first-order chi connectivity index (χ1) is 11.7. The Kier molecular flexibility index (Phi) is 4.45. The van der Waals surface area contributed by atoms with E-state index in [9.17, 15) is 18.0 Å². The number of fused-ring (bicyclic) bond motifs is 1. The molecule has 0 aliphatic carbocycles. The third-order valence-electron chi connectivity index (χ3n) is 4.79. The third kappa shape index (κ3) is 3.76. The van der Waals surface area contributed by atoms with Crippen LogP contribution in [0.15, 0.2) is 30.5 Å². The van der Waals surface area contributed by atoms with Crippen molar-refractivity contribution in [1.82, 2.24) is 10.2 Å². The van der Waals surface area contributed by atoms with Gasteiger partial charge >= 0.3 is 0 Å². The van der Waals surface area contributed by atoms with Crippen LogP contribution >= 0.6 is 0 Å². The molecule has 1 fully saturated rings. The molecule has 2 aliphatic heterocycles. The van der Waals surface area contributed by atoms with Crippen molar-refractivity contribution in [3.8, 4) is 0 Å². The van der Waals surface area contributed by atoms with Crippen LogP contribution in [-0.4, -0.2) is 42.2 Å². The van der Waals surface area contributed by atoms with E-state index in [0.29, 0.717) is 6.42 Å². The van der Waals surface area contributed by atoms with E-state index in [1.54, 1.807) is 18.0 Å². The lowest BCUT2D eigenvalue weighted by atomic mass is 9.93. The molecule has 134 valence electrons. The molecule has 2 atom stereocenters. The lowest BCUT2D eigenvalue weighted by Crippen LogP contribution is -2.48. The zero-order chi connectivity index (χ0) is 18.2. The second-order valence-electron chi connectivity index (χ2n) is 7.04. The molecular formula is C18H22N2O4S. The Morgan fingerprint density at radius 3 is 2.68 bits per heavy atom. The summed E-state index contributed by atoms with van der Waals surface area (Å²) < 4.78 is 23.4. The Morgan fingerprint density at radius 2 is 2.04 bits per heavy atom. The fourth-order valence-corrected chi connectivity index (χ4v) is 5.68. The van der Waals surface area contributed by atoms with Gasteiger partial charge in [-0.2, -0.15) is 0 Å². The Morgan fingerprint density at radius 1 is 1.32 bits per heavy atom. The van der Waals surface area contributed by atoms with E-state index in [1.165, 1.54) is 6.92 Å². The lowest BCUT2D eigenvalue weighted by Gasteiger charge is -2.33. The van der Waals surface area contributed by atoms with E-state index in [4.69, 9.17) is 0 Å². The van der Waals surface area contributed by atoms with Crippen LogP contribution in [0.2, 0.25) is 0 Å². The van der Waals surface area contributed by atoms with Crippen LogP contribution in [0.3, 0.4) is 0 Å². The molecule has 2 heterocycles. The molecular weight excluding hydrogens is 340 g/mol. The van der Waals surface area contributed by atoms with Gasteiger partial charge in [-0.3, -0.25) is 9.59 Å². The van der Waals surface area contributed by atoms with Gasteiger partial charge in [-0.25, -0.2) is 8.42 Å². The average Bonchev–Trinajstić information content (AvgIpc) is 2.80. The lowest BCUT2D eigenvalue weighted by molar-refractivity contribution is -0.130. The van der Waals surface area contributed by atoms with Gasteiger partial charge in [-0.1, -0.05) is 24.3 Å². The van der Waals surface area contributed by atoms with Crippen LogP contribution in [0.1, 0.15) is 43.9 Å². The molecule has 0 unspecified atom stereocenters. The summed E-state index contributed by atoms with van der Waals surface area (Å²) >= 11 is 0. The Labute approximate surface area is 147 Å². The molecule has 1 aromatic rings. The van der Waals surface area contributed by atoms with E-state index in [0.717, 1.165) is 11.1 Å². The van der Waals surface area contributed by atoms with Gasteiger partial charge in [-0.05, 0) is 30.5 Å². The smallest absolute Gasteiger partial charge is 0.223 e. The summed E-state index contributed by atoms with van der Waals surface area (Å²) in [4.78, 5) is 26.1. The zero-order valence-corrected chi connectivity index (χ0v) is 15.2. The number of hydrogen-bond donors (Lipinski definition) is 1. The van der Waals surface area contributed by atoms with Crippen LogP contribution in [0, 0.1) is 0 Å². The van der Waals surface area contributed by atoms with Crippen molar-refractivity contribution in [2.75, 3.05) is 11.5 Å². The second kappa shape index (κ2) is 6.29. The summed E-state index contributed by atoms with van der Waals surface area (Å²) in [6, 6.07) is 7.26. The molecule has 6 nitrogen and oxygen atoms in total. The topological polar surface area (TPSA) is 83.6 Å². The van der Waals surface area contributed by atoms with Crippen molar-refractivity contribution in [3.05, 3.63) is 41.6 Å². The van der Waals surface area contributed by atoms with Crippen LogP contribution in [0.5, 0.6) is 0 Å². The molecule has 1 saturated heterocycles. The van der Waals surface area contributed by atoms with E-state index in [1.807, 2.05) is 30.3 Å². The molecule has 1 N–H and O–H groups in total. The first-order valence-electron chi connectivity index (χ1n) is 8.27. The van der Waals surface area contributed by atoms with Crippen molar-refractivity contribution in [2.45, 2.75) is 38.3 Å². The molecule has 2 amide bonds. The number of benzene rings is 1. The van der Waals surface area contributed by atoms with E-state index in [-0.39, 0.29) is 35.8 Å². The van der Waals surface area contributed by atoms with Crippen molar-refractivity contribution in [2.24, 2.45) is 0 Å². The van der Waals surface area contributed by atoms with Crippen molar-refractivity contribution in [1.29, 1.82) is 0 Å². The first kappa shape index (κ1) is 17.7. The molecule has 0 bridgehead atoms. The highest BCUT2D eigenvalue weighted by atomic mass is 32.2. The zero-order valence-electron chi connectivity index (χ0n) is 14.4. The minimum atomic E-state index is -3.10. The number of amides is 2. The van der Waals surface area contributed by atoms with Gasteiger partial charge in [-0.15, -0.1) is 0 Å². The maximum absolute atomic E-state index is 12.6. The molecule has 0 spiro atoms. The van der Waals surface area contributed by atoms with Gasteiger partial charge in [0.1, 0.15) is 0 Å². The minimum absolute atomic E-state index is 0.0384. The van der Waals surface area contributed by atoms with Gasteiger partial charge in [0.05, 0.1) is 29.5 Å². The highest BCUT2D eigenvalue weighted by Gasteiger charge is 2.40. The number of hydrogen-bond acceptors (Lipinski definition) is 4. The quantitative estimate of drug-likeness (QED) is 0.886. The molecule has 1 aromatic carbocycles.